The van der Waals surface area contributed by atoms with Crippen molar-refractivity contribution in [3.05, 3.63) is 58.6 Å². The smallest absolute Gasteiger partial charge is 0.321 e. The van der Waals surface area contributed by atoms with Gasteiger partial charge in [0.2, 0.25) is 10.0 Å². The zero-order valence-electron chi connectivity index (χ0n) is 14.7. The number of rotatable bonds is 7. The van der Waals surface area contributed by atoms with Crippen LogP contribution < -0.4 is 10.0 Å². The minimum absolute atomic E-state index is 0.0151. The number of aryl methyl sites for hydroxylation is 1. The summed E-state index contributed by atoms with van der Waals surface area (Å²) in [6.07, 6.45) is 0. The van der Waals surface area contributed by atoms with E-state index < -0.39 is 35.1 Å². The van der Waals surface area contributed by atoms with Gasteiger partial charge in [0.25, 0.3) is 5.91 Å². The Morgan fingerprint density at radius 3 is 2.46 bits per heavy atom. The van der Waals surface area contributed by atoms with Gasteiger partial charge in [-0.15, -0.1) is 0 Å². The number of nitriles is 1. The molecule has 2 aromatic carbocycles. The van der Waals surface area contributed by atoms with Crippen molar-refractivity contribution in [2.24, 2.45) is 0 Å². The number of nitrogens with one attached hydrogen (secondary N) is 2. The summed E-state index contributed by atoms with van der Waals surface area (Å²) >= 11 is 5.86. The molecule has 2 rings (SSSR count). The van der Waals surface area contributed by atoms with Gasteiger partial charge in [0.15, 0.2) is 6.61 Å². The second-order valence-corrected chi connectivity index (χ2v) is 7.83. The molecule has 0 unspecified atom stereocenters. The fraction of sp³-hybridized carbons (Fsp3) is 0.167. The first kappa shape index (κ1) is 21.4. The van der Waals surface area contributed by atoms with Crippen LogP contribution in [0.3, 0.4) is 0 Å². The maximum absolute atomic E-state index is 12.1. The van der Waals surface area contributed by atoms with Crippen LogP contribution in [0.5, 0.6) is 0 Å². The van der Waals surface area contributed by atoms with Crippen molar-refractivity contribution in [3.63, 3.8) is 0 Å². The van der Waals surface area contributed by atoms with Crippen LogP contribution in [0.25, 0.3) is 0 Å². The van der Waals surface area contributed by atoms with Crippen LogP contribution in [0.15, 0.2) is 47.4 Å². The Kier molecular flexibility index (Phi) is 7.12. The lowest BCUT2D eigenvalue weighted by molar-refractivity contribution is -0.146. The van der Waals surface area contributed by atoms with Gasteiger partial charge in [0, 0.05) is 5.69 Å². The molecule has 0 aliphatic rings. The molecule has 0 fully saturated rings. The number of hydrogen-bond donors (Lipinski definition) is 2. The van der Waals surface area contributed by atoms with E-state index in [2.05, 4.69) is 10.0 Å². The lowest BCUT2D eigenvalue weighted by Gasteiger charge is -2.09. The van der Waals surface area contributed by atoms with E-state index in [-0.39, 0.29) is 15.5 Å². The molecule has 0 saturated carbocycles. The van der Waals surface area contributed by atoms with Gasteiger partial charge < -0.3 is 10.1 Å². The summed E-state index contributed by atoms with van der Waals surface area (Å²) in [6.45, 7) is 0.590. The Bertz CT molecular complexity index is 1030. The van der Waals surface area contributed by atoms with Crippen molar-refractivity contribution in [1.82, 2.24) is 4.72 Å². The average Bonchev–Trinajstić information content (AvgIpc) is 2.65. The molecule has 1 amide bonds. The van der Waals surface area contributed by atoms with Crippen molar-refractivity contribution in [2.75, 3.05) is 18.5 Å². The number of nitrogens with zero attached hydrogens (tertiary/aromatic N) is 1. The molecule has 0 aliphatic carbocycles. The van der Waals surface area contributed by atoms with Crippen LogP contribution in [-0.4, -0.2) is 33.4 Å². The first-order valence-electron chi connectivity index (χ1n) is 7.93. The number of carbonyl (C=O) groups is 2. The third kappa shape index (κ3) is 6.06. The highest BCUT2D eigenvalue weighted by Crippen LogP contribution is 2.20. The zero-order valence-corrected chi connectivity index (χ0v) is 16.3. The van der Waals surface area contributed by atoms with E-state index in [1.54, 1.807) is 12.1 Å². The third-order valence-electron chi connectivity index (χ3n) is 3.48. The molecular weight excluding hydrogens is 406 g/mol. The highest BCUT2D eigenvalue weighted by Gasteiger charge is 2.16. The van der Waals surface area contributed by atoms with Gasteiger partial charge in [-0.25, -0.2) is 8.42 Å². The van der Waals surface area contributed by atoms with E-state index in [1.807, 2.05) is 13.0 Å². The largest absolute Gasteiger partial charge is 0.455 e. The van der Waals surface area contributed by atoms with E-state index in [0.29, 0.717) is 5.69 Å². The van der Waals surface area contributed by atoms with Gasteiger partial charge in [0.05, 0.1) is 15.5 Å². The van der Waals surface area contributed by atoms with Crippen molar-refractivity contribution < 1.29 is 22.7 Å². The van der Waals surface area contributed by atoms with Crippen LogP contribution >= 0.6 is 11.6 Å². The van der Waals surface area contributed by atoms with Crippen molar-refractivity contribution in [3.8, 4) is 6.07 Å². The summed E-state index contributed by atoms with van der Waals surface area (Å²) in [5.74, 6) is -1.56. The van der Waals surface area contributed by atoms with Crippen LogP contribution in [0.1, 0.15) is 11.1 Å². The molecule has 0 spiro atoms. The van der Waals surface area contributed by atoms with E-state index >= 15 is 0 Å². The minimum Gasteiger partial charge on any atom is -0.455 e. The summed E-state index contributed by atoms with van der Waals surface area (Å²) in [7, 11) is -3.86. The predicted octanol–water partition coefficient (Wildman–Crippen LogP) is 1.98. The molecule has 0 radical (unpaired) electrons. The molecule has 0 atom stereocenters. The fourth-order valence-corrected chi connectivity index (χ4v) is 3.22. The van der Waals surface area contributed by atoms with Gasteiger partial charge in [-0.2, -0.15) is 9.98 Å². The van der Waals surface area contributed by atoms with Crippen molar-refractivity contribution >= 4 is 39.2 Å². The number of halogens is 1. The second-order valence-electron chi connectivity index (χ2n) is 5.65. The van der Waals surface area contributed by atoms with E-state index in [4.69, 9.17) is 21.6 Å². The number of benzene rings is 2. The quantitative estimate of drug-likeness (QED) is 0.658. The molecule has 10 heteroatoms. The van der Waals surface area contributed by atoms with E-state index in [0.717, 1.165) is 5.56 Å². The molecule has 0 saturated heterocycles. The molecule has 0 aliphatic heterocycles. The van der Waals surface area contributed by atoms with Crippen LogP contribution in [0.4, 0.5) is 5.69 Å². The highest BCUT2D eigenvalue weighted by atomic mass is 35.5. The van der Waals surface area contributed by atoms with Gasteiger partial charge in [-0.3, -0.25) is 9.59 Å². The molecule has 146 valence electrons. The van der Waals surface area contributed by atoms with E-state index in [1.165, 1.54) is 30.3 Å². The number of esters is 1. The van der Waals surface area contributed by atoms with Crippen LogP contribution in [0.2, 0.25) is 5.02 Å². The lowest BCUT2D eigenvalue weighted by atomic mass is 10.2. The monoisotopic (exact) mass is 421 g/mol. The molecule has 2 aromatic rings. The number of hydrogen-bond acceptors (Lipinski definition) is 6. The topological polar surface area (TPSA) is 125 Å². The Hall–Kier alpha value is -2.93. The molecule has 0 aromatic heterocycles. The van der Waals surface area contributed by atoms with Crippen LogP contribution in [0, 0.1) is 18.3 Å². The fourth-order valence-electron chi connectivity index (χ4n) is 2.03. The molecule has 28 heavy (non-hydrogen) atoms. The number of amides is 1. The number of sulfonamides is 1. The van der Waals surface area contributed by atoms with Gasteiger partial charge in [-0.1, -0.05) is 29.3 Å². The molecular formula is C18H16ClN3O5S. The molecule has 8 nitrogen and oxygen atoms in total. The molecule has 2 N–H and O–H groups in total. The Morgan fingerprint density at radius 2 is 1.86 bits per heavy atom. The first-order chi connectivity index (χ1) is 13.2. The maximum atomic E-state index is 12.1. The number of carbonyl (C=O) groups excluding carboxylic acids is 2. The lowest BCUT2D eigenvalue weighted by Crippen LogP contribution is -2.32. The summed E-state index contributed by atoms with van der Waals surface area (Å²) < 4.78 is 31.0. The summed E-state index contributed by atoms with van der Waals surface area (Å²) in [5.41, 5.74) is 1.48. The summed E-state index contributed by atoms with van der Waals surface area (Å²) in [4.78, 5) is 23.5. The van der Waals surface area contributed by atoms with Gasteiger partial charge in [0.1, 0.15) is 12.6 Å². The molecule has 0 bridgehead atoms. The van der Waals surface area contributed by atoms with Gasteiger partial charge >= 0.3 is 5.97 Å². The SMILES string of the molecule is Cc1ccc(S(=O)(=O)NCC(=O)OCC(=O)Nc2ccc(C#N)c(Cl)c2)cc1. The van der Waals surface area contributed by atoms with Crippen molar-refractivity contribution in [2.45, 2.75) is 11.8 Å². The Morgan fingerprint density at radius 1 is 1.18 bits per heavy atom. The summed E-state index contributed by atoms with van der Waals surface area (Å²) in [6, 6.07) is 12.3. The standard InChI is InChI=1S/C18H16ClN3O5S/c1-12-2-6-15(7-3-12)28(25,26)21-10-18(24)27-11-17(23)22-14-5-4-13(9-20)16(19)8-14/h2-8,21H,10-11H2,1H3,(H,22,23). The van der Waals surface area contributed by atoms with Gasteiger partial charge in [-0.05, 0) is 37.3 Å². The Labute approximate surface area is 167 Å². The predicted molar refractivity (Wildman–Crippen MR) is 102 cm³/mol. The zero-order chi connectivity index (χ0) is 20.7. The number of anilines is 1. The summed E-state index contributed by atoms with van der Waals surface area (Å²) in [5, 5.41) is 11.4. The van der Waals surface area contributed by atoms with E-state index in [9.17, 15) is 18.0 Å². The number of ether oxygens (including phenoxy) is 1. The maximum Gasteiger partial charge on any atom is 0.321 e. The average molecular weight is 422 g/mol. The third-order valence-corrected chi connectivity index (χ3v) is 5.21. The Balaban J connectivity index is 1.82. The normalized spacial score (nSPS) is 10.8. The van der Waals surface area contributed by atoms with Crippen molar-refractivity contribution in [1.29, 1.82) is 5.26 Å². The van der Waals surface area contributed by atoms with Crippen LogP contribution in [-0.2, 0) is 24.3 Å². The molecule has 0 heterocycles. The first-order valence-corrected chi connectivity index (χ1v) is 9.79. The highest BCUT2D eigenvalue weighted by molar-refractivity contribution is 7.89. The minimum atomic E-state index is -3.86. The second kappa shape index (κ2) is 9.32.